The van der Waals surface area contributed by atoms with E-state index in [9.17, 15) is 9.59 Å². The molecular formula is C25H27N3O8. The van der Waals surface area contributed by atoms with Crippen molar-refractivity contribution in [2.24, 2.45) is 0 Å². The zero-order valence-electron chi connectivity index (χ0n) is 20.6. The first-order valence-electron chi connectivity index (χ1n) is 10.8. The standard InChI is InChI=1S/C25H27N3O8/c1-15(26-21(29)11-8-16-6-9-18(31-2)10-7-16)25(30)35-14-22-27-28-24(36-22)17-12-19(32-3)23(34-5)20(13-17)33-4/h6-13,15H,14H2,1-5H3,(H,26,29)/b11-8+/t15-/m0/s1. The molecule has 1 N–H and O–H groups in total. The Morgan fingerprint density at radius 3 is 2.22 bits per heavy atom. The fourth-order valence-corrected chi connectivity index (χ4v) is 3.10. The summed E-state index contributed by atoms with van der Waals surface area (Å²) in [6.45, 7) is 1.24. The van der Waals surface area contributed by atoms with E-state index in [1.807, 2.05) is 0 Å². The topological polar surface area (TPSA) is 131 Å². The summed E-state index contributed by atoms with van der Waals surface area (Å²) >= 11 is 0. The average Bonchev–Trinajstić information content (AvgIpc) is 3.38. The van der Waals surface area contributed by atoms with Crippen LogP contribution in [0, 0.1) is 0 Å². The van der Waals surface area contributed by atoms with E-state index in [2.05, 4.69) is 15.5 Å². The molecule has 3 aromatic rings. The molecule has 0 bridgehead atoms. The van der Waals surface area contributed by atoms with Crippen LogP contribution >= 0.6 is 0 Å². The molecule has 0 saturated heterocycles. The number of hydrogen-bond donors (Lipinski definition) is 1. The number of benzene rings is 2. The summed E-state index contributed by atoms with van der Waals surface area (Å²) in [5.41, 5.74) is 1.33. The summed E-state index contributed by atoms with van der Waals surface area (Å²) in [7, 11) is 6.06. The second-order valence-corrected chi connectivity index (χ2v) is 7.36. The minimum Gasteiger partial charge on any atom is -0.497 e. The first kappa shape index (κ1) is 26.1. The second-order valence-electron chi connectivity index (χ2n) is 7.36. The van der Waals surface area contributed by atoms with Gasteiger partial charge < -0.3 is 33.4 Å². The van der Waals surface area contributed by atoms with E-state index in [4.69, 9.17) is 28.1 Å². The Bertz CT molecular complexity index is 1200. The zero-order chi connectivity index (χ0) is 26.1. The maximum atomic E-state index is 12.3. The monoisotopic (exact) mass is 497 g/mol. The number of nitrogens with zero attached hydrogens (tertiary/aromatic N) is 2. The molecule has 190 valence electrons. The molecule has 0 aliphatic rings. The average molecular weight is 498 g/mol. The Kier molecular flexibility index (Phi) is 8.87. The molecule has 1 amide bonds. The van der Waals surface area contributed by atoms with Gasteiger partial charge in [-0.05, 0) is 42.8 Å². The SMILES string of the molecule is COc1ccc(/C=C/C(=O)N[C@@H](C)C(=O)OCc2nnc(-c3cc(OC)c(OC)c(OC)c3)o2)cc1. The van der Waals surface area contributed by atoms with Crippen LogP contribution in [0.5, 0.6) is 23.0 Å². The maximum Gasteiger partial charge on any atom is 0.328 e. The van der Waals surface area contributed by atoms with E-state index in [0.717, 1.165) is 5.56 Å². The van der Waals surface area contributed by atoms with E-state index in [1.54, 1.807) is 49.6 Å². The summed E-state index contributed by atoms with van der Waals surface area (Å²) in [6, 6.07) is 9.58. The molecule has 0 fully saturated rings. The van der Waals surface area contributed by atoms with Gasteiger partial charge in [-0.25, -0.2) is 4.79 Å². The normalized spacial score (nSPS) is 11.6. The van der Waals surface area contributed by atoms with Crippen molar-refractivity contribution in [1.29, 1.82) is 0 Å². The fraction of sp³-hybridized carbons (Fsp3) is 0.280. The summed E-state index contributed by atoms with van der Waals surface area (Å²) in [5, 5.41) is 10.4. The Morgan fingerprint density at radius 1 is 0.972 bits per heavy atom. The smallest absolute Gasteiger partial charge is 0.328 e. The first-order chi connectivity index (χ1) is 17.4. The van der Waals surface area contributed by atoms with Crippen LogP contribution in [0.4, 0.5) is 0 Å². The molecule has 0 saturated carbocycles. The number of rotatable bonds is 11. The highest BCUT2D eigenvalue weighted by Gasteiger charge is 2.20. The zero-order valence-corrected chi connectivity index (χ0v) is 20.6. The van der Waals surface area contributed by atoms with Crippen molar-refractivity contribution in [3.05, 3.63) is 53.9 Å². The van der Waals surface area contributed by atoms with Crippen LogP contribution in [-0.2, 0) is 20.9 Å². The van der Waals surface area contributed by atoms with Gasteiger partial charge in [0.2, 0.25) is 17.5 Å². The minimum atomic E-state index is -0.893. The van der Waals surface area contributed by atoms with Crippen LogP contribution < -0.4 is 24.3 Å². The van der Waals surface area contributed by atoms with Gasteiger partial charge in [0, 0.05) is 11.6 Å². The minimum absolute atomic E-state index is 0.0741. The third-order valence-corrected chi connectivity index (χ3v) is 4.97. The van der Waals surface area contributed by atoms with Crippen LogP contribution in [0.25, 0.3) is 17.5 Å². The lowest BCUT2D eigenvalue weighted by atomic mass is 10.2. The highest BCUT2D eigenvalue weighted by atomic mass is 16.5. The van der Waals surface area contributed by atoms with E-state index >= 15 is 0 Å². The van der Waals surface area contributed by atoms with Crippen LogP contribution in [-0.4, -0.2) is 56.6 Å². The van der Waals surface area contributed by atoms with Crippen molar-refractivity contribution in [3.8, 4) is 34.5 Å². The lowest BCUT2D eigenvalue weighted by Gasteiger charge is -2.12. The van der Waals surface area contributed by atoms with Crippen molar-refractivity contribution in [1.82, 2.24) is 15.5 Å². The quantitative estimate of drug-likeness (QED) is 0.311. The van der Waals surface area contributed by atoms with Crippen molar-refractivity contribution < 1.29 is 37.7 Å². The predicted molar refractivity (Wildman–Crippen MR) is 129 cm³/mol. The van der Waals surface area contributed by atoms with Gasteiger partial charge in [-0.1, -0.05) is 12.1 Å². The Labute approximate surface area is 208 Å². The molecule has 1 heterocycles. The summed E-state index contributed by atoms with van der Waals surface area (Å²) in [4.78, 5) is 24.4. The molecule has 1 aromatic heterocycles. The number of carbonyl (C=O) groups is 2. The largest absolute Gasteiger partial charge is 0.497 e. The number of hydrogen-bond acceptors (Lipinski definition) is 10. The molecule has 0 aliphatic carbocycles. The molecule has 1 atom stereocenters. The number of carbonyl (C=O) groups excluding carboxylic acids is 2. The summed E-state index contributed by atoms with van der Waals surface area (Å²) in [6.07, 6.45) is 2.95. The van der Waals surface area contributed by atoms with Crippen LogP contribution in [0.2, 0.25) is 0 Å². The third-order valence-electron chi connectivity index (χ3n) is 4.97. The molecular weight excluding hydrogens is 470 g/mol. The molecule has 11 heteroatoms. The number of amides is 1. The number of nitrogens with one attached hydrogen (secondary N) is 1. The van der Waals surface area contributed by atoms with E-state index in [-0.39, 0.29) is 18.4 Å². The van der Waals surface area contributed by atoms with E-state index in [0.29, 0.717) is 28.6 Å². The number of esters is 1. The molecule has 3 rings (SSSR count). The molecule has 0 unspecified atom stereocenters. The van der Waals surface area contributed by atoms with Crippen molar-refractivity contribution in [2.45, 2.75) is 19.6 Å². The number of ether oxygens (including phenoxy) is 5. The Hall–Kier alpha value is -4.54. The highest BCUT2D eigenvalue weighted by Crippen LogP contribution is 2.40. The lowest BCUT2D eigenvalue weighted by Crippen LogP contribution is -2.38. The Balaban J connectivity index is 1.55. The molecule has 36 heavy (non-hydrogen) atoms. The van der Waals surface area contributed by atoms with Gasteiger partial charge >= 0.3 is 5.97 Å². The molecule has 0 aliphatic heterocycles. The van der Waals surface area contributed by atoms with Crippen molar-refractivity contribution >= 4 is 18.0 Å². The van der Waals surface area contributed by atoms with Crippen LogP contribution in [0.3, 0.4) is 0 Å². The maximum absolute atomic E-state index is 12.3. The first-order valence-corrected chi connectivity index (χ1v) is 10.8. The van der Waals surface area contributed by atoms with Gasteiger partial charge in [-0.15, -0.1) is 10.2 Å². The van der Waals surface area contributed by atoms with Gasteiger partial charge in [-0.2, -0.15) is 0 Å². The molecule has 0 radical (unpaired) electrons. The van der Waals surface area contributed by atoms with Gasteiger partial charge in [-0.3, -0.25) is 4.79 Å². The van der Waals surface area contributed by atoms with Crippen LogP contribution in [0.1, 0.15) is 18.4 Å². The molecule has 2 aromatic carbocycles. The number of aromatic nitrogens is 2. The van der Waals surface area contributed by atoms with Crippen LogP contribution in [0.15, 0.2) is 46.9 Å². The van der Waals surface area contributed by atoms with Crippen molar-refractivity contribution in [2.75, 3.05) is 28.4 Å². The highest BCUT2D eigenvalue weighted by molar-refractivity contribution is 5.94. The summed E-state index contributed by atoms with van der Waals surface area (Å²) < 4.78 is 31.8. The summed E-state index contributed by atoms with van der Waals surface area (Å²) in [5.74, 6) is 1.12. The number of methoxy groups -OCH3 is 4. The molecule has 0 spiro atoms. The van der Waals surface area contributed by atoms with Gasteiger partial charge in [0.15, 0.2) is 18.1 Å². The Morgan fingerprint density at radius 2 is 1.64 bits per heavy atom. The molecule has 11 nitrogen and oxygen atoms in total. The van der Waals surface area contributed by atoms with E-state index in [1.165, 1.54) is 34.3 Å². The van der Waals surface area contributed by atoms with Gasteiger partial charge in [0.25, 0.3) is 5.89 Å². The van der Waals surface area contributed by atoms with Gasteiger partial charge in [0.05, 0.1) is 28.4 Å². The lowest BCUT2D eigenvalue weighted by molar-refractivity contribution is -0.148. The van der Waals surface area contributed by atoms with E-state index < -0.39 is 17.9 Å². The fourth-order valence-electron chi connectivity index (χ4n) is 3.10. The second kappa shape index (κ2) is 12.2. The van der Waals surface area contributed by atoms with Crippen molar-refractivity contribution in [3.63, 3.8) is 0 Å². The predicted octanol–water partition coefficient (Wildman–Crippen LogP) is 3.03. The van der Waals surface area contributed by atoms with Gasteiger partial charge in [0.1, 0.15) is 11.8 Å². The third kappa shape index (κ3) is 6.53.